The number of hydrogen-bond donors (Lipinski definition) is 3. The summed E-state index contributed by atoms with van der Waals surface area (Å²) in [6.07, 6.45) is 0. The first kappa shape index (κ1) is 21.0. The van der Waals surface area contributed by atoms with Gasteiger partial charge in [-0.3, -0.25) is 4.79 Å². The van der Waals surface area contributed by atoms with E-state index in [4.69, 9.17) is 10.00 Å². The minimum atomic E-state index is -1.05. The van der Waals surface area contributed by atoms with Crippen LogP contribution in [0.1, 0.15) is 27.7 Å². The Morgan fingerprint density at radius 1 is 1.19 bits per heavy atom. The molecule has 0 unspecified atom stereocenters. The highest BCUT2D eigenvalue weighted by molar-refractivity contribution is 5.92. The minimum absolute atomic E-state index is 0.116. The van der Waals surface area contributed by atoms with Crippen molar-refractivity contribution in [2.75, 3.05) is 11.9 Å². The third-order valence-electron chi connectivity index (χ3n) is 3.86. The Bertz CT molecular complexity index is 684. The van der Waals surface area contributed by atoms with Gasteiger partial charge < -0.3 is 20.7 Å². The average Bonchev–Trinajstić information content (AvgIpc) is 2.59. The summed E-state index contributed by atoms with van der Waals surface area (Å²) in [5, 5.41) is 16.7. The number of hydrogen-bond acceptors (Lipinski definition) is 5. The predicted molar refractivity (Wildman–Crippen MR) is 96.0 cm³/mol. The molecule has 8 heteroatoms. The lowest BCUT2D eigenvalue weighted by molar-refractivity contribution is -0.150. The number of ether oxygens (including phenoxy) is 1. The van der Waals surface area contributed by atoms with E-state index in [1.54, 1.807) is 45.0 Å². The van der Waals surface area contributed by atoms with Crippen LogP contribution in [0.25, 0.3) is 0 Å². The molecule has 2 atom stereocenters. The highest BCUT2D eigenvalue weighted by Crippen LogP contribution is 2.14. The molecule has 0 radical (unpaired) electrons. The number of nitrogens with zero attached hydrogens (tertiary/aromatic N) is 1. The number of urea groups is 1. The first-order chi connectivity index (χ1) is 12.2. The maximum Gasteiger partial charge on any atom is 0.328 e. The molecule has 0 spiro atoms. The quantitative estimate of drug-likeness (QED) is 0.640. The van der Waals surface area contributed by atoms with Crippen molar-refractivity contribution in [1.29, 1.82) is 5.26 Å². The number of carbonyl (C=O) groups excluding carboxylic acids is 3. The smallest absolute Gasteiger partial charge is 0.328 e. The Morgan fingerprint density at radius 2 is 1.81 bits per heavy atom. The number of rotatable bonds is 7. The number of nitriles is 1. The van der Waals surface area contributed by atoms with Crippen LogP contribution in [-0.4, -0.2) is 36.1 Å². The zero-order chi connectivity index (χ0) is 19.7. The molecule has 0 aromatic heterocycles. The van der Waals surface area contributed by atoms with Crippen LogP contribution < -0.4 is 16.0 Å². The molecule has 26 heavy (non-hydrogen) atoms. The standard InChI is InChI=1S/C18H24N4O4/c1-12(2)18(4,11-19)22-15(23)10-26-16(24)13(3)20-17(25)21-14-8-6-5-7-9-14/h5-9,12-13H,10H2,1-4H3,(H,22,23)(H2,20,21,25)/t13-,18+/m0/s1. The van der Waals surface area contributed by atoms with E-state index in [1.807, 2.05) is 12.1 Å². The van der Waals surface area contributed by atoms with Crippen LogP contribution in [0.5, 0.6) is 0 Å². The van der Waals surface area contributed by atoms with Gasteiger partial charge in [0.15, 0.2) is 6.61 Å². The van der Waals surface area contributed by atoms with Crippen LogP contribution >= 0.6 is 0 Å². The summed E-state index contributed by atoms with van der Waals surface area (Å²) < 4.78 is 4.88. The van der Waals surface area contributed by atoms with Gasteiger partial charge in [-0.15, -0.1) is 0 Å². The van der Waals surface area contributed by atoms with Crippen LogP contribution in [0.3, 0.4) is 0 Å². The van der Waals surface area contributed by atoms with Gasteiger partial charge >= 0.3 is 12.0 Å². The molecular formula is C18H24N4O4. The van der Waals surface area contributed by atoms with E-state index in [0.29, 0.717) is 5.69 Å². The van der Waals surface area contributed by atoms with Crippen molar-refractivity contribution in [3.63, 3.8) is 0 Å². The maximum atomic E-state index is 11.9. The number of nitrogens with one attached hydrogen (secondary N) is 3. The van der Waals surface area contributed by atoms with Crippen LogP contribution in [0.15, 0.2) is 30.3 Å². The van der Waals surface area contributed by atoms with Gasteiger partial charge in [-0.25, -0.2) is 9.59 Å². The van der Waals surface area contributed by atoms with Gasteiger partial charge in [0, 0.05) is 5.69 Å². The van der Waals surface area contributed by atoms with Gasteiger partial charge in [-0.1, -0.05) is 32.0 Å². The highest BCUT2D eigenvalue weighted by Gasteiger charge is 2.30. The second-order valence-electron chi connectivity index (χ2n) is 6.31. The van der Waals surface area contributed by atoms with E-state index in [9.17, 15) is 14.4 Å². The number of benzene rings is 1. The Balaban J connectivity index is 2.43. The second-order valence-corrected chi connectivity index (χ2v) is 6.31. The van der Waals surface area contributed by atoms with Crippen LogP contribution in [0.2, 0.25) is 0 Å². The zero-order valence-corrected chi connectivity index (χ0v) is 15.3. The third kappa shape index (κ3) is 6.43. The fourth-order valence-corrected chi connectivity index (χ4v) is 1.83. The Morgan fingerprint density at radius 3 is 2.35 bits per heavy atom. The third-order valence-corrected chi connectivity index (χ3v) is 3.86. The van der Waals surface area contributed by atoms with Gasteiger partial charge in [-0.05, 0) is 31.9 Å². The fourth-order valence-electron chi connectivity index (χ4n) is 1.83. The summed E-state index contributed by atoms with van der Waals surface area (Å²) in [6.45, 7) is 6.10. The second kappa shape index (κ2) is 9.42. The molecule has 1 aromatic rings. The molecule has 8 nitrogen and oxygen atoms in total. The molecule has 0 aliphatic rings. The summed E-state index contributed by atoms with van der Waals surface area (Å²) >= 11 is 0. The van der Waals surface area contributed by atoms with Crippen molar-refractivity contribution in [2.45, 2.75) is 39.3 Å². The molecular weight excluding hydrogens is 336 g/mol. The highest BCUT2D eigenvalue weighted by atomic mass is 16.5. The molecule has 3 N–H and O–H groups in total. The molecule has 0 saturated carbocycles. The van der Waals surface area contributed by atoms with Crippen LogP contribution in [-0.2, 0) is 14.3 Å². The van der Waals surface area contributed by atoms with E-state index in [1.165, 1.54) is 6.92 Å². The SMILES string of the molecule is CC(C)[C@@](C)(C#N)NC(=O)COC(=O)[C@H](C)NC(=O)Nc1ccccc1. The lowest BCUT2D eigenvalue weighted by Gasteiger charge is -2.27. The predicted octanol–water partition coefficient (Wildman–Crippen LogP) is 1.79. The Labute approximate surface area is 152 Å². The van der Waals surface area contributed by atoms with Crippen LogP contribution in [0.4, 0.5) is 10.5 Å². The number of esters is 1. The van der Waals surface area contributed by atoms with E-state index >= 15 is 0 Å². The van der Waals surface area contributed by atoms with E-state index in [-0.39, 0.29) is 5.92 Å². The molecule has 140 valence electrons. The largest absolute Gasteiger partial charge is 0.454 e. The van der Waals surface area contributed by atoms with Crippen molar-refractivity contribution >= 4 is 23.6 Å². The average molecular weight is 360 g/mol. The molecule has 3 amide bonds. The molecule has 0 heterocycles. The van der Waals surface area contributed by atoms with Gasteiger partial charge in [-0.2, -0.15) is 5.26 Å². The fraction of sp³-hybridized carbons (Fsp3) is 0.444. The lowest BCUT2D eigenvalue weighted by atomic mass is 9.90. The topological polar surface area (TPSA) is 120 Å². The van der Waals surface area contributed by atoms with E-state index in [0.717, 1.165) is 0 Å². The number of amides is 3. The van der Waals surface area contributed by atoms with Crippen molar-refractivity contribution in [3.05, 3.63) is 30.3 Å². The van der Waals surface area contributed by atoms with Gasteiger partial charge in [0.2, 0.25) is 0 Å². The van der Waals surface area contributed by atoms with E-state index in [2.05, 4.69) is 16.0 Å². The summed E-state index contributed by atoms with van der Waals surface area (Å²) in [7, 11) is 0. The first-order valence-corrected chi connectivity index (χ1v) is 8.19. The minimum Gasteiger partial charge on any atom is -0.454 e. The first-order valence-electron chi connectivity index (χ1n) is 8.19. The van der Waals surface area contributed by atoms with Crippen molar-refractivity contribution in [1.82, 2.24) is 10.6 Å². The van der Waals surface area contributed by atoms with Gasteiger partial charge in [0.25, 0.3) is 5.91 Å². The monoisotopic (exact) mass is 360 g/mol. The zero-order valence-electron chi connectivity index (χ0n) is 15.3. The maximum absolute atomic E-state index is 11.9. The summed E-state index contributed by atoms with van der Waals surface area (Å²) in [6, 6.07) is 9.26. The summed E-state index contributed by atoms with van der Waals surface area (Å²) in [5.41, 5.74) is -0.474. The van der Waals surface area contributed by atoms with Crippen LogP contribution in [0, 0.1) is 17.2 Å². The van der Waals surface area contributed by atoms with Crippen molar-refractivity contribution in [2.24, 2.45) is 5.92 Å². The Hall–Kier alpha value is -3.08. The normalized spacial score (nSPS) is 13.7. The number of carbonyl (C=O) groups is 3. The van der Waals surface area contributed by atoms with E-state index < -0.39 is 36.1 Å². The van der Waals surface area contributed by atoms with Crippen molar-refractivity contribution < 1.29 is 19.1 Å². The lowest BCUT2D eigenvalue weighted by Crippen LogP contribution is -2.50. The summed E-state index contributed by atoms with van der Waals surface area (Å²) in [5.74, 6) is -1.46. The number of para-hydroxylation sites is 1. The molecule has 1 aromatic carbocycles. The summed E-state index contributed by atoms with van der Waals surface area (Å²) in [4.78, 5) is 35.6. The van der Waals surface area contributed by atoms with Gasteiger partial charge in [0.1, 0.15) is 11.6 Å². The van der Waals surface area contributed by atoms with Crippen molar-refractivity contribution in [3.8, 4) is 6.07 Å². The van der Waals surface area contributed by atoms with Gasteiger partial charge in [0.05, 0.1) is 6.07 Å². The molecule has 0 bridgehead atoms. The molecule has 0 aliphatic carbocycles. The Kier molecular flexibility index (Phi) is 7.59. The molecule has 1 rings (SSSR count). The molecule has 0 aliphatic heterocycles. The number of anilines is 1. The molecule has 0 saturated heterocycles. The molecule has 0 fully saturated rings.